The fourth-order valence-corrected chi connectivity index (χ4v) is 4.14. The van der Waals surface area contributed by atoms with Crippen LogP contribution in [0.3, 0.4) is 0 Å². The minimum absolute atomic E-state index is 0.0646. The summed E-state index contributed by atoms with van der Waals surface area (Å²) < 4.78 is 0. The van der Waals surface area contributed by atoms with Crippen molar-refractivity contribution < 1.29 is 33.6 Å². The van der Waals surface area contributed by atoms with Crippen LogP contribution in [0.25, 0.3) is 0 Å². The van der Waals surface area contributed by atoms with Gasteiger partial charge in [-0.25, -0.2) is 4.79 Å². The van der Waals surface area contributed by atoms with Gasteiger partial charge < -0.3 is 10.2 Å². The lowest BCUT2D eigenvalue weighted by Gasteiger charge is -2.33. The van der Waals surface area contributed by atoms with Crippen LogP contribution >= 0.6 is 0 Å². The maximum absolute atomic E-state index is 12.5. The molecular formula is C21H27N3O7. The Balaban J connectivity index is 1.29. The van der Waals surface area contributed by atoms with Crippen LogP contribution in [0, 0.1) is 5.92 Å². The van der Waals surface area contributed by atoms with Gasteiger partial charge in [-0.15, -0.1) is 5.06 Å². The monoisotopic (exact) mass is 433 g/mol. The highest BCUT2D eigenvalue weighted by Crippen LogP contribution is 2.29. The van der Waals surface area contributed by atoms with Gasteiger partial charge in [0, 0.05) is 49.9 Å². The van der Waals surface area contributed by atoms with Crippen molar-refractivity contribution >= 4 is 35.5 Å². The summed E-state index contributed by atoms with van der Waals surface area (Å²) in [5.41, 5.74) is 0. The summed E-state index contributed by atoms with van der Waals surface area (Å²) in [7, 11) is 0. The molecule has 0 aromatic heterocycles. The Hall–Kier alpha value is -3.04. The van der Waals surface area contributed by atoms with Gasteiger partial charge in [-0.3, -0.25) is 28.9 Å². The van der Waals surface area contributed by atoms with Gasteiger partial charge in [0.1, 0.15) is 0 Å². The second-order valence-electron chi connectivity index (χ2n) is 8.04. The number of hydroxylamine groups is 2. The average molecular weight is 433 g/mol. The molecule has 2 aliphatic heterocycles. The fourth-order valence-electron chi connectivity index (χ4n) is 4.14. The van der Waals surface area contributed by atoms with Gasteiger partial charge in [0.2, 0.25) is 5.91 Å². The molecule has 5 amide bonds. The van der Waals surface area contributed by atoms with Crippen LogP contribution in [0.2, 0.25) is 0 Å². The quantitative estimate of drug-likeness (QED) is 0.419. The lowest BCUT2D eigenvalue weighted by molar-refractivity contribution is -0.197. The molecule has 2 fully saturated rings. The van der Waals surface area contributed by atoms with Crippen LogP contribution in [-0.2, 0) is 33.6 Å². The molecule has 1 aliphatic carbocycles. The number of unbranched alkanes of at least 4 members (excludes halogenated alkanes) is 2. The molecule has 0 spiro atoms. The highest BCUT2D eigenvalue weighted by Gasteiger charge is 2.36. The van der Waals surface area contributed by atoms with E-state index in [0.29, 0.717) is 43.7 Å². The number of nitrogens with zero attached hydrogens (tertiary/aromatic N) is 2. The van der Waals surface area contributed by atoms with Crippen molar-refractivity contribution in [1.29, 1.82) is 0 Å². The van der Waals surface area contributed by atoms with Gasteiger partial charge in [-0.2, -0.15) is 0 Å². The van der Waals surface area contributed by atoms with Crippen LogP contribution in [0.1, 0.15) is 64.2 Å². The van der Waals surface area contributed by atoms with Crippen molar-refractivity contribution in [3.63, 3.8) is 0 Å². The van der Waals surface area contributed by atoms with E-state index in [1.165, 1.54) is 17.1 Å². The SMILES string of the molecule is O=C(CCCCCNC(=O)C1CCCC(N2C(=O)C=CC2=O)C1)ON1C(=O)CCC1=O. The number of rotatable bonds is 9. The maximum atomic E-state index is 12.5. The number of imide groups is 2. The highest BCUT2D eigenvalue weighted by atomic mass is 16.7. The summed E-state index contributed by atoms with van der Waals surface area (Å²) in [6.07, 6.45) is 7.31. The average Bonchev–Trinajstić information content (AvgIpc) is 3.25. The summed E-state index contributed by atoms with van der Waals surface area (Å²) in [6, 6.07) is -0.236. The number of amides is 5. The molecule has 2 atom stereocenters. The van der Waals surface area contributed by atoms with Crippen LogP contribution in [0.5, 0.6) is 0 Å². The fraction of sp³-hybridized carbons (Fsp3) is 0.619. The molecule has 10 nitrogen and oxygen atoms in total. The first kappa shape index (κ1) is 22.6. The van der Waals surface area contributed by atoms with Crippen LogP contribution in [0.15, 0.2) is 12.2 Å². The zero-order valence-electron chi connectivity index (χ0n) is 17.3. The van der Waals surface area contributed by atoms with E-state index in [2.05, 4.69) is 5.32 Å². The molecular weight excluding hydrogens is 406 g/mol. The number of carbonyl (C=O) groups is 6. The summed E-state index contributed by atoms with van der Waals surface area (Å²) in [6.45, 7) is 0.460. The maximum Gasteiger partial charge on any atom is 0.333 e. The topological polar surface area (TPSA) is 130 Å². The third-order valence-corrected chi connectivity index (χ3v) is 5.78. The molecule has 0 bridgehead atoms. The molecule has 10 heteroatoms. The van der Waals surface area contributed by atoms with E-state index in [4.69, 9.17) is 4.84 Å². The zero-order chi connectivity index (χ0) is 22.4. The molecule has 3 rings (SSSR count). The molecule has 31 heavy (non-hydrogen) atoms. The first-order valence-electron chi connectivity index (χ1n) is 10.8. The van der Waals surface area contributed by atoms with Gasteiger partial charge in [-0.1, -0.05) is 12.8 Å². The van der Waals surface area contributed by atoms with E-state index in [1.54, 1.807) is 0 Å². The molecule has 2 unspecified atom stereocenters. The Kier molecular flexibility index (Phi) is 7.54. The molecule has 0 aromatic rings. The lowest BCUT2D eigenvalue weighted by Crippen LogP contribution is -2.45. The lowest BCUT2D eigenvalue weighted by atomic mass is 9.84. The van der Waals surface area contributed by atoms with Gasteiger partial charge >= 0.3 is 5.97 Å². The first-order valence-corrected chi connectivity index (χ1v) is 10.8. The van der Waals surface area contributed by atoms with Crippen molar-refractivity contribution in [1.82, 2.24) is 15.3 Å². The second kappa shape index (κ2) is 10.3. The van der Waals surface area contributed by atoms with Crippen molar-refractivity contribution in [3.8, 4) is 0 Å². The van der Waals surface area contributed by atoms with Crippen molar-refractivity contribution in [2.24, 2.45) is 5.92 Å². The molecule has 2 heterocycles. The summed E-state index contributed by atoms with van der Waals surface area (Å²) in [5.74, 6) is -2.56. The molecule has 1 saturated carbocycles. The number of hydrogen-bond donors (Lipinski definition) is 1. The number of carbonyl (C=O) groups excluding carboxylic acids is 6. The number of nitrogens with one attached hydrogen (secondary N) is 1. The van der Waals surface area contributed by atoms with Gasteiger partial charge in [0.05, 0.1) is 0 Å². The van der Waals surface area contributed by atoms with E-state index in [-0.39, 0.29) is 48.9 Å². The van der Waals surface area contributed by atoms with E-state index in [9.17, 15) is 28.8 Å². The van der Waals surface area contributed by atoms with E-state index in [0.717, 1.165) is 12.8 Å². The van der Waals surface area contributed by atoms with E-state index < -0.39 is 17.8 Å². The van der Waals surface area contributed by atoms with Gasteiger partial charge in [0.25, 0.3) is 23.6 Å². The van der Waals surface area contributed by atoms with Crippen LogP contribution < -0.4 is 5.32 Å². The Labute approximate surface area is 179 Å². The normalized spacial score (nSPS) is 23.6. The predicted molar refractivity (Wildman–Crippen MR) is 105 cm³/mol. The smallest absolute Gasteiger partial charge is 0.333 e. The minimum Gasteiger partial charge on any atom is -0.356 e. The van der Waals surface area contributed by atoms with E-state index in [1.807, 2.05) is 0 Å². The number of hydrogen-bond acceptors (Lipinski definition) is 7. The molecule has 0 radical (unpaired) electrons. The van der Waals surface area contributed by atoms with Crippen molar-refractivity contribution in [2.45, 2.75) is 70.3 Å². The second-order valence-corrected chi connectivity index (χ2v) is 8.04. The predicted octanol–water partition coefficient (Wildman–Crippen LogP) is 0.754. The zero-order valence-corrected chi connectivity index (χ0v) is 17.3. The van der Waals surface area contributed by atoms with Crippen molar-refractivity contribution in [2.75, 3.05) is 6.54 Å². The van der Waals surface area contributed by atoms with Crippen molar-refractivity contribution in [3.05, 3.63) is 12.2 Å². The Morgan fingerprint density at radius 2 is 1.65 bits per heavy atom. The molecule has 168 valence electrons. The van der Waals surface area contributed by atoms with Gasteiger partial charge in [0.15, 0.2) is 0 Å². The van der Waals surface area contributed by atoms with Crippen LogP contribution in [0.4, 0.5) is 0 Å². The highest BCUT2D eigenvalue weighted by molar-refractivity contribution is 6.13. The van der Waals surface area contributed by atoms with E-state index >= 15 is 0 Å². The Morgan fingerprint density at radius 3 is 2.32 bits per heavy atom. The Bertz CT molecular complexity index is 773. The molecule has 0 aromatic carbocycles. The third kappa shape index (κ3) is 5.77. The summed E-state index contributed by atoms with van der Waals surface area (Å²) in [4.78, 5) is 76.8. The minimum atomic E-state index is -0.624. The molecule has 1 N–H and O–H groups in total. The molecule has 1 saturated heterocycles. The summed E-state index contributed by atoms with van der Waals surface area (Å²) >= 11 is 0. The third-order valence-electron chi connectivity index (χ3n) is 5.78. The Morgan fingerprint density at radius 1 is 0.968 bits per heavy atom. The first-order chi connectivity index (χ1) is 14.9. The van der Waals surface area contributed by atoms with Crippen LogP contribution in [-0.4, -0.2) is 58.1 Å². The van der Waals surface area contributed by atoms with Gasteiger partial charge in [-0.05, 0) is 32.1 Å². The molecule has 3 aliphatic rings. The standard InChI is InChI=1S/C21H27N3O7/c25-16-8-9-17(26)23(16)15-6-4-5-14(13-15)21(30)22-12-3-1-2-7-20(29)31-24-18(27)10-11-19(24)28/h8-9,14-15H,1-7,10-13H2,(H,22,30). The largest absolute Gasteiger partial charge is 0.356 e. The summed E-state index contributed by atoms with van der Waals surface area (Å²) in [5, 5.41) is 3.43.